The van der Waals surface area contributed by atoms with Gasteiger partial charge >= 0.3 is 0 Å². The van der Waals surface area contributed by atoms with Crippen molar-refractivity contribution in [2.45, 2.75) is 0 Å². The average Bonchev–Trinajstić information content (AvgIpc) is 1.68. The summed E-state index contributed by atoms with van der Waals surface area (Å²) < 4.78 is 0. The zero-order valence-electron chi connectivity index (χ0n) is 4.41. The molecule has 0 heterocycles. The molecule has 0 atom stereocenters. The van der Waals surface area contributed by atoms with Crippen LogP contribution in [0.2, 0.25) is 0 Å². The highest BCUT2D eigenvalue weighted by molar-refractivity contribution is 5.91. The molecule has 0 bridgehead atoms. The van der Waals surface area contributed by atoms with Crippen molar-refractivity contribution in [2.75, 3.05) is 6.73 Å². The molecule has 0 aromatic heterocycles. The molecule has 0 aliphatic carbocycles. The van der Waals surface area contributed by atoms with Gasteiger partial charge in [0.15, 0.2) is 0 Å². The summed E-state index contributed by atoms with van der Waals surface area (Å²) in [6.07, 6.45) is 2.66. The quantitative estimate of drug-likeness (QED) is 0.311. The molecule has 4 nitrogen and oxygen atoms in total. The molecule has 0 spiro atoms. The summed E-state index contributed by atoms with van der Waals surface area (Å²) in [5.41, 5.74) is 10.1. The third kappa shape index (κ3) is 3.17. The lowest BCUT2D eigenvalue weighted by molar-refractivity contribution is 0.309. The van der Waals surface area contributed by atoms with Crippen LogP contribution in [0.4, 0.5) is 0 Å². The molecule has 0 saturated carbocycles. The standard InChI is InChI=1S/C4H9N3O/c5-2-1-4(6)7-3-8/h1-2,8H,3,5H2,(H2,6,7)/b2-1-. The van der Waals surface area contributed by atoms with Gasteiger partial charge in [0, 0.05) is 0 Å². The van der Waals surface area contributed by atoms with Gasteiger partial charge in [-0.2, -0.15) is 0 Å². The first-order valence-corrected chi connectivity index (χ1v) is 2.10. The van der Waals surface area contributed by atoms with Gasteiger partial charge in [-0.1, -0.05) is 0 Å². The molecule has 0 amide bonds. The van der Waals surface area contributed by atoms with Gasteiger partial charge in [-0.25, -0.2) is 4.99 Å². The largest absolute Gasteiger partial charge is 0.404 e. The average molecular weight is 115 g/mol. The Hall–Kier alpha value is -1.03. The molecule has 0 fully saturated rings. The number of aliphatic imine (C=N–C) groups is 1. The summed E-state index contributed by atoms with van der Waals surface area (Å²) in [5, 5.41) is 8.12. The maximum Gasteiger partial charge on any atom is 0.136 e. The molecule has 0 unspecified atom stereocenters. The number of hydrogen-bond acceptors (Lipinski definition) is 3. The van der Waals surface area contributed by atoms with Crippen LogP contribution >= 0.6 is 0 Å². The summed E-state index contributed by atoms with van der Waals surface area (Å²) in [5.74, 6) is 0.231. The minimum Gasteiger partial charge on any atom is -0.404 e. The lowest BCUT2D eigenvalue weighted by atomic mass is 10.6. The van der Waals surface area contributed by atoms with Crippen molar-refractivity contribution >= 4 is 5.84 Å². The Morgan fingerprint density at radius 1 is 1.75 bits per heavy atom. The topological polar surface area (TPSA) is 84.6 Å². The molecular formula is C4H9N3O. The molecule has 0 aliphatic rings. The lowest BCUT2D eigenvalue weighted by Crippen LogP contribution is -2.08. The van der Waals surface area contributed by atoms with Gasteiger partial charge in [0.25, 0.3) is 0 Å². The second-order valence-corrected chi connectivity index (χ2v) is 1.08. The van der Waals surface area contributed by atoms with Crippen LogP contribution < -0.4 is 11.5 Å². The molecule has 8 heavy (non-hydrogen) atoms. The van der Waals surface area contributed by atoms with Gasteiger partial charge in [-0.3, -0.25) is 0 Å². The van der Waals surface area contributed by atoms with Crippen molar-refractivity contribution < 1.29 is 5.11 Å². The Balaban J connectivity index is 3.61. The van der Waals surface area contributed by atoms with Gasteiger partial charge in [0.1, 0.15) is 12.6 Å². The van der Waals surface area contributed by atoms with E-state index in [4.69, 9.17) is 16.6 Å². The van der Waals surface area contributed by atoms with Crippen LogP contribution in [0.5, 0.6) is 0 Å². The van der Waals surface area contributed by atoms with E-state index < -0.39 is 0 Å². The summed E-state index contributed by atoms with van der Waals surface area (Å²) in [7, 11) is 0. The second kappa shape index (κ2) is 4.14. The van der Waals surface area contributed by atoms with E-state index >= 15 is 0 Å². The zero-order chi connectivity index (χ0) is 6.41. The fourth-order valence-electron chi connectivity index (χ4n) is 0.233. The van der Waals surface area contributed by atoms with Crippen molar-refractivity contribution in [3.8, 4) is 0 Å². The van der Waals surface area contributed by atoms with Gasteiger partial charge in [0.2, 0.25) is 0 Å². The van der Waals surface area contributed by atoms with E-state index in [0.29, 0.717) is 0 Å². The van der Waals surface area contributed by atoms with Gasteiger partial charge in [-0.15, -0.1) is 0 Å². The minimum atomic E-state index is -0.295. The monoisotopic (exact) mass is 115 g/mol. The molecule has 0 rings (SSSR count). The molecule has 5 N–H and O–H groups in total. The third-order valence-corrected chi connectivity index (χ3v) is 0.520. The van der Waals surface area contributed by atoms with Crippen LogP contribution in [-0.2, 0) is 0 Å². The van der Waals surface area contributed by atoms with E-state index in [9.17, 15) is 0 Å². The SMILES string of the molecule is N/C=C\C(N)=N/CO. The van der Waals surface area contributed by atoms with Crippen molar-refractivity contribution in [2.24, 2.45) is 16.5 Å². The van der Waals surface area contributed by atoms with Gasteiger partial charge < -0.3 is 16.6 Å². The third-order valence-electron chi connectivity index (χ3n) is 0.520. The van der Waals surface area contributed by atoms with E-state index in [2.05, 4.69) is 4.99 Å². The first kappa shape index (κ1) is 6.97. The van der Waals surface area contributed by atoms with E-state index in [1.165, 1.54) is 12.3 Å². The number of rotatable bonds is 2. The number of nitrogens with two attached hydrogens (primary N) is 2. The summed E-state index contributed by atoms with van der Waals surface area (Å²) in [6, 6.07) is 0. The van der Waals surface area contributed by atoms with Crippen LogP contribution in [0.25, 0.3) is 0 Å². The molecule has 4 heteroatoms. The fourth-order valence-corrected chi connectivity index (χ4v) is 0.233. The number of aliphatic hydroxyl groups excluding tert-OH is 1. The molecule has 0 radical (unpaired) electrons. The molecule has 0 saturated heterocycles. The Morgan fingerprint density at radius 2 is 2.38 bits per heavy atom. The maximum atomic E-state index is 8.12. The van der Waals surface area contributed by atoms with Gasteiger partial charge in [0.05, 0.1) is 0 Å². The van der Waals surface area contributed by atoms with Crippen LogP contribution in [0, 0.1) is 0 Å². The van der Waals surface area contributed by atoms with E-state index in [0.717, 1.165) is 0 Å². The zero-order valence-corrected chi connectivity index (χ0v) is 4.41. The number of hydrogen-bond donors (Lipinski definition) is 3. The highest BCUT2D eigenvalue weighted by Crippen LogP contribution is 1.68. The summed E-state index contributed by atoms with van der Waals surface area (Å²) in [6.45, 7) is -0.295. The number of nitrogens with zero attached hydrogens (tertiary/aromatic N) is 1. The van der Waals surface area contributed by atoms with Gasteiger partial charge in [-0.05, 0) is 12.3 Å². The fraction of sp³-hybridized carbons (Fsp3) is 0.250. The number of amidine groups is 1. The first-order valence-electron chi connectivity index (χ1n) is 2.10. The van der Waals surface area contributed by atoms with Crippen LogP contribution in [0.1, 0.15) is 0 Å². The molecular weight excluding hydrogens is 106 g/mol. The van der Waals surface area contributed by atoms with Crippen LogP contribution in [-0.4, -0.2) is 17.7 Å². The van der Waals surface area contributed by atoms with Crippen LogP contribution in [0.3, 0.4) is 0 Å². The summed E-state index contributed by atoms with van der Waals surface area (Å²) in [4.78, 5) is 3.40. The highest BCUT2D eigenvalue weighted by Gasteiger charge is 1.76. The van der Waals surface area contributed by atoms with Crippen molar-refractivity contribution in [3.05, 3.63) is 12.3 Å². The molecule has 0 aromatic carbocycles. The lowest BCUT2D eigenvalue weighted by Gasteiger charge is -1.85. The Morgan fingerprint density at radius 3 is 2.75 bits per heavy atom. The van der Waals surface area contributed by atoms with Crippen molar-refractivity contribution in [1.29, 1.82) is 0 Å². The Kier molecular flexibility index (Phi) is 3.60. The van der Waals surface area contributed by atoms with E-state index in [-0.39, 0.29) is 12.6 Å². The molecule has 46 valence electrons. The minimum absolute atomic E-state index is 0.231. The van der Waals surface area contributed by atoms with Crippen LogP contribution in [0.15, 0.2) is 17.3 Å². The highest BCUT2D eigenvalue weighted by atomic mass is 16.3. The van der Waals surface area contributed by atoms with E-state index in [1.54, 1.807) is 0 Å². The smallest absolute Gasteiger partial charge is 0.136 e. The Labute approximate surface area is 47.5 Å². The van der Waals surface area contributed by atoms with Crippen molar-refractivity contribution in [1.82, 2.24) is 0 Å². The van der Waals surface area contributed by atoms with E-state index in [1.807, 2.05) is 0 Å². The molecule has 0 aliphatic heterocycles. The summed E-state index contributed by atoms with van der Waals surface area (Å²) >= 11 is 0. The Bertz CT molecular complexity index is 108. The second-order valence-electron chi connectivity index (χ2n) is 1.08. The maximum absolute atomic E-state index is 8.12. The number of aliphatic hydroxyl groups is 1. The molecule has 0 aromatic rings. The first-order chi connectivity index (χ1) is 3.81. The normalized spacial score (nSPS) is 12.9. The predicted molar refractivity (Wildman–Crippen MR) is 32.0 cm³/mol. The predicted octanol–water partition coefficient (Wildman–Crippen LogP) is -1.23. The van der Waals surface area contributed by atoms with Crippen molar-refractivity contribution in [3.63, 3.8) is 0 Å².